The second-order valence-corrected chi connectivity index (χ2v) is 5.11. The number of aromatic carboxylic acids is 1. The topological polar surface area (TPSA) is 67.5 Å². The molecule has 0 atom stereocenters. The van der Waals surface area contributed by atoms with Gasteiger partial charge in [0.15, 0.2) is 11.3 Å². The average Bonchev–Trinajstić information content (AvgIpc) is 2.54. The van der Waals surface area contributed by atoms with Crippen molar-refractivity contribution in [1.82, 2.24) is 14.6 Å². The molecule has 2 aromatic heterocycles. The van der Waals surface area contributed by atoms with E-state index in [4.69, 9.17) is 0 Å². The molecule has 0 spiro atoms. The van der Waals surface area contributed by atoms with Crippen molar-refractivity contribution in [1.29, 1.82) is 0 Å². The van der Waals surface area contributed by atoms with Gasteiger partial charge in [-0.2, -0.15) is 5.10 Å². The Balaban J connectivity index is 2.80. The van der Waals surface area contributed by atoms with Gasteiger partial charge in [-0.1, -0.05) is 20.8 Å². The largest absolute Gasteiger partial charge is 0.477 e. The van der Waals surface area contributed by atoms with Gasteiger partial charge in [0.1, 0.15) is 5.82 Å². The minimum absolute atomic E-state index is 0.119. The molecule has 0 aliphatic heterocycles. The fraction of sp³-hybridized carbons (Fsp3) is 0.417. The first kappa shape index (κ1) is 11.6. The van der Waals surface area contributed by atoms with E-state index in [9.17, 15) is 9.90 Å². The monoisotopic (exact) mass is 233 g/mol. The molecule has 0 amide bonds. The summed E-state index contributed by atoms with van der Waals surface area (Å²) < 4.78 is 1.37. The van der Waals surface area contributed by atoms with Crippen LogP contribution < -0.4 is 0 Å². The number of hydrogen-bond donors (Lipinski definition) is 1. The minimum atomic E-state index is -0.994. The molecule has 5 nitrogen and oxygen atoms in total. The molecule has 0 saturated heterocycles. The molecule has 90 valence electrons. The number of fused-ring (bicyclic) bond motifs is 1. The summed E-state index contributed by atoms with van der Waals surface area (Å²) in [6.07, 6.45) is 0. The fourth-order valence-electron chi connectivity index (χ4n) is 1.68. The maximum absolute atomic E-state index is 11.2. The van der Waals surface area contributed by atoms with E-state index in [0.717, 1.165) is 5.56 Å². The lowest BCUT2D eigenvalue weighted by atomic mass is 9.87. The van der Waals surface area contributed by atoms with Crippen LogP contribution in [0.25, 0.3) is 5.65 Å². The summed E-state index contributed by atoms with van der Waals surface area (Å²) in [5.41, 5.74) is 1.54. The SMILES string of the molecule is Cc1nc2cc(C(C)(C)C)cc(C(=O)O)n2n1. The van der Waals surface area contributed by atoms with Gasteiger partial charge in [-0.15, -0.1) is 0 Å². The summed E-state index contributed by atoms with van der Waals surface area (Å²) in [5, 5.41) is 13.3. The molecule has 2 heterocycles. The highest BCUT2D eigenvalue weighted by molar-refractivity contribution is 5.86. The molecule has 0 aliphatic rings. The molecule has 17 heavy (non-hydrogen) atoms. The molecule has 2 rings (SSSR count). The van der Waals surface area contributed by atoms with E-state index in [1.807, 2.05) is 26.8 Å². The third-order valence-electron chi connectivity index (χ3n) is 2.63. The van der Waals surface area contributed by atoms with Crippen molar-refractivity contribution >= 4 is 11.6 Å². The van der Waals surface area contributed by atoms with Gasteiger partial charge in [0.25, 0.3) is 0 Å². The minimum Gasteiger partial charge on any atom is -0.477 e. The molecule has 0 fully saturated rings. The van der Waals surface area contributed by atoms with Crippen molar-refractivity contribution in [3.8, 4) is 0 Å². The lowest BCUT2D eigenvalue weighted by Crippen LogP contribution is -2.15. The van der Waals surface area contributed by atoms with E-state index in [1.165, 1.54) is 4.52 Å². The summed E-state index contributed by atoms with van der Waals surface area (Å²) in [5.74, 6) is -0.426. The van der Waals surface area contributed by atoms with Crippen molar-refractivity contribution < 1.29 is 9.90 Å². The zero-order valence-corrected chi connectivity index (χ0v) is 10.4. The summed E-state index contributed by atoms with van der Waals surface area (Å²) in [7, 11) is 0. The maximum atomic E-state index is 11.2. The Morgan fingerprint density at radius 2 is 2.00 bits per heavy atom. The Hall–Kier alpha value is -1.91. The van der Waals surface area contributed by atoms with Gasteiger partial charge in [-0.25, -0.2) is 14.3 Å². The van der Waals surface area contributed by atoms with E-state index in [2.05, 4.69) is 10.1 Å². The number of aryl methyl sites for hydroxylation is 1. The predicted molar refractivity (Wildman–Crippen MR) is 63.4 cm³/mol. The second kappa shape index (κ2) is 3.55. The molecular weight excluding hydrogens is 218 g/mol. The van der Waals surface area contributed by atoms with Gasteiger partial charge in [-0.3, -0.25) is 0 Å². The highest BCUT2D eigenvalue weighted by Gasteiger charge is 2.20. The number of nitrogens with zero attached hydrogens (tertiary/aromatic N) is 3. The fourth-order valence-corrected chi connectivity index (χ4v) is 1.68. The number of pyridine rings is 1. The number of carboxylic acids is 1. The Labute approximate surface area is 99.1 Å². The normalized spacial score (nSPS) is 12.0. The zero-order chi connectivity index (χ0) is 12.8. The molecule has 0 aliphatic carbocycles. The highest BCUT2D eigenvalue weighted by atomic mass is 16.4. The number of aromatic nitrogens is 3. The van der Waals surface area contributed by atoms with Crippen LogP contribution in [0.4, 0.5) is 0 Å². The summed E-state index contributed by atoms with van der Waals surface area (Å²) in [6.45, 7) is 7.85. The smallest absolute Gasteiger partial charge is 0.354 e. The molecule has 0 radical (unpaired) electrons. The van der Waals surface area contributed by atoms with Gasteiger partial charge in [0.05, 0.1) is 0 Å². The van der Waals surface area contributed by atoms with Crippen molar-refractivity contribution in [2.75, 3.05) is 0 Å². The van der Waals surface area contributed by atoms with Crippen LogP contribution in [-0.4, -0.2) is 25.7 Å². The van der Waals surface area contributed by atoms with Gasteiger partial charge in [-0.05, 0) is 30.0 Å². The maximum Gasteiger partial charge on any atom is 0.354 e. The number of rotatable bonds is 1. The summed E-state index contributed by atoms with van der Waals surface area (Å²) in [6, 6.07) is 3.54. The third-order valence-corrected chi connectivity index (χ3v) is 2.63. The molecule has 0 unspecified atom stereocenters. The first-order valence-corrected chi connectivity index (χ1v) is 5.40. The van der Waals surface area contributed by atoms with Crippen LogP contribution in [0.15, 0.2) is 12.1 Å². The lowest BCUT2D eigenvalue weighted by molar-refractivity contribution is 0.0687. The van der Waals surface area contributed by atoms with Gasteiger partial charge in [0.2, 0.25) is 0 Å². The molecule has 1 N–H and O–H groups in total. The Morgan fingerprint density at radius 3 is 2.53 bits per heavy atom. The van der Waals surface area contributed by atoms with Crippen molar-refractivity contribution in [2.24, 2.45) is 0 Å². The Morgan fingerprint density at radius 1 is 1.35 bits per heavy atom. The number of hydrogen-bond acceptors (Lipinski definition) is 3. The Kier molecular flexibility index (Phi) is 2.41. The van der Waals surface area contributed by atoms with Crippen molar-refractivity contribution in [2.45, 2.75) is 33.1 Å². The van der Waals surface area contributed by atoms with Crippen LogP contribution in [-0.2, 0) is 5.41 Å². The summed E-state index contributed by atoms with van der Waals surface area (Å²) in [4.78, 5) is 15.4. The number of carbonyl (C=O) groups is 1. The van der Waals surface area contributed by atoms with Crippen molar-refractivity contribution in [3.63, 3.8) is 0 Å². The quantitative estimate of drug-likeness (QED) is 0.818. The van der Waals surface area contributed by atoms with Gasteiger partial charge >= 0.3 is 5.97 Å². The van der Waals surface area contributed by atoms with Crippen LogP contribution in [0.5, 0.6) is 0 Å². The lowest BCUT2D eigenvalue weighted by Gasteiger charge is -2.19. The van der Waals surface area contributed by atoms with Crippen LogP contribution in [0.2, 0.25) is 0 Å². The standard InChI is InChI=1S/C12H15N3O2/c1-7-13-10-6-8(12(2,3)4)5-9(11(16)17)15(10)14-7/h5-6H,1-4H3,(H,16,17). The average molecular weight is 233 g/mol. The van der Waals surface area contributed by atoms with Crippen LogP contribution in [0.3, 0.4) is 0 Å². The van der Waals surface area contributed by atoms with Gasteiger partial charge in [0, 0.05) is 0 Å². The van der Waals surface area contributed by atoms with E-state index in [1.54, 1.807) is 13.0 Å². The van der Waals surface area contributed by atoms with E-state index in [-0.39, 0.29) is 11.1 Å². The molecule has 0 saturated carbocycles. The molecular formula is C12H15N3O2. The van der Waals surface area contributed by atoms with Gasteiger partial charge < -0.3 is 5.11 Å². The van der Waals surface area contributed by atoms with Crippen LogP contribution in [0, 0.1) is 6.92 Å². The molecule has 5 heteroatoms. The summed E-state index contributed by atoms with van der Waals surface area (Å²) >= 11 is 0. The zero-order valence-electron chi connectivity index (χ0n) is 10.4. The van der Waals surface area contributed by atoms with Crippen LogP contribution in [0.1, 0.15) is 42.6 Å². The predicted octanol–water partition coefficient (Wildman–Crippen LogP) is 2.03. The molecule has 0 bridgehead atoms. The number of carboxylic acid groups (broad SMARTS) is 1. The Bertz CT molecular complexity index is 594. The molecule has 2 aromatic rings. The van der Waals surface area contributed by atoms with E-state index >= 15 is 0 Å². The highest BCUT2D eigenvalue weighted by Crippen LogP contribution is 2.24. The second-order valence-electron chi connectivity index (χ2n) is 5.11. The van der Waals surface area contributed by atoms with E-state index in [0.29, 0.717) is 11.5 Å². The van der Waals surface area contributed by atoms with Crippen molar-refractivity contribution in [3.05, 3.63) is 29.2 Å². The first-order valence-electron chi connectivity index (χ1n) is 5.40. The van der Waals surface area contributed by atoms with E-state index < -0.39 is 5.97 Å². The van der Waals surface area contributed by atoms with Crippen LogP contribution >= 0.6 is 0 Å². The molecule has 0 aromatic carbocycles. The third kappa shape index (κ3) is 2.00. The first-order chi connectivity index (χ1) is 7.79.